The molecule has 0 saturated carbocycles. The largest absolute Gasteiger partial charge is 0.325 e. The third kappa shape index (κ3) is 7.30. The molecule has 1 aromatic heterocycles. The molecule has 0 bridgehead atoms. The second-order valence-electron chi connectivity index (χ2n) is 9.41. The normalized spacial score (nSPS) is 11.9. The Hall–Kier alpha value is -5.21. The maximum Gasteiger partial charge on any atom is 0.272 e. The molecule has 5 aromatic rings. The van der Waals surface area contributed by atoms with Crippen LogP contribution in [0.4, 0.5) is 11.4 Å². The SMILES string of the molecule is CC(Sc1ccc(NC(=O)/C(=C/c2cccc3ccccc23)NC(=O)c2ccccc2)cc1)C(=O)Nc1ccncc1. The summed E-state index contributed by atoms with van der Waals surface area (Å²) in [7, 11) is 0. The molecule has 0 aliphatic carbocycles. The number of anilines is 2. The molecule has 5 rings (SSSR count). The molecule has 7 nitrogen and oxygen atoms in total. The molecule has 1 heterocycles. The maximum absolute atomic E-state index is 13.5. The van der Waals surface area contributed by atoms with Crippen molar-refractivity contribution in [1.82, 2.24) is 10.3 Å². The fraction of sp³-hybridized carbons (Fsp3) is 0.0588. The highest BCUT2D eigenvalue weighted by Gasteiger charge is 2.17. The number of nitrogens with one attached hydrogen (secondary N) is 3. The number of fused-ring (bicyclic) bond motifs is 1. The average molecular weight is 573 g/mol. The first-order chi connectivity index (χ1) is 20.5. The summed E-state index contributed by atoms with van der Waals surface area (Å²) in [6.07, 6.45) is 4.93. The number of pyridine rings is 1. The van der Waals surface area contributed by atoms with E-state index in [1.54, 1.807) is 67.0 Å². The lowest BCUT2D eigenvalue weighted by atomic mass is 10.0. The fourth-order valence-electron chi connectivity index (χ4n) is 4.23. The van der Waals surface area contributed by atoms with Gasteiger partial charge in [0.05, 0.1) is 5.25 Å². The minimum atomic E-state index is -0.460. The van der Waals surface area contributed by atoms with Gasteiger partial charge in [-0.1, -0.05) is 60.7 Å². The van der Waals surface area contributed by atoms with Crippen LogP contribution in [0.1, 0.15) is 22.8 Å². The minimum Gasteiger partial charge on any atom is -0.325 e. The number of benzene rings is 4. The minimum absolute atomic E-state index is 0.111. The third-order valence-electron chi connectivity index (χ3n) is 6.39. The van der Waals surface area contributed by atoms with Gasteiger partial charge in [0.25, 0.3) is 11.8 Å². The summed E-state index contributed by atoms with van der Waals surface area (Å²) in [6.45, 7) is 1.83. The van der Waals surface area contributed by atoms with E-state index in [2.05, 4.69) is 20.9 Å². The van der Waals surface area contributed by atoms with Crippen molar-refractivity contribution < 1.29 is 14.4 Å². The zero-order valence-corrected chi connectivity index (χ0v) is 23.6. The van der Waals surface area contributed by atoms with E-state index in [4.69, 9.17) is 0 Å². The third-order valence-corrected chi connectivity index (χ3v) is 7.51. The molecule has 1 unspecified atom stereocenters. The van der Waals surface area contributed by atoms with Gasteiger partial charge in [-0.05, 0) is 77.9 Å². The van der Waals surface area contributed by atoms with Gasteiger partial charge in [-0.2, -0.15) is 0 Å². The first kappa shape index (κ1) is 28.3. The van der Waals surface area contributed by atoms with E-state index in [0.29, 0.717) is 16.9 Å². The summed E-state index contributed by atoms with van der Waals surface area (Å²) in [4.78, 5) is 43.9. The smallest absolute Gasteiger partial charge is 0.272 e. The Morgan fingerprint density at radius 3 is 2.17 bits per heavy atom. The predicted molar refractivity (Wildman–Crippen MR) is 169 cm³/mol. The molecule has 0 fully saturated rings. The average Bonchev–Trinajstić information content (AvgIpc) is 3.02. The van der Waals surface area contributed by atoms with Crippen LogP contribution < -0.4 is 16.0 Å². The number of rotatable bonds is 9. The zero-order valence-electron chi connectivity index (χ0n) is 22.8. The van der Waals surface area contributed by atoms with Crippen molar-refractivity contribution >= 4 is 57.7 Å². The van der Waals surface area contributed by atoms with E-state index >= 15 is 0 Å². The lowest BCUT2D eigenvalue weighted by molar-refractivity contribution is -0.115. The summed E-state index contributed by atoms with van der Waals surface area (Å²) in [5, 5.41) is 10.2. The van der Waals surface area contributed by atoms with Crippen LogP contribution in [0.3, 0.4) is 0 Å². The topological polar surface area (TPSA) is 100 Å². The van der Waals surface area contributed by atoms with Crippen LogP contribution in [-0.4, -0.2) is 28.0 Å². The van der Waals surface area contributed by atoms with Crippen LogP contribution in [0.2, 0.25) is 0 Å². The molecule has 42 heavy (non-hydrogen) atoms. The molecule has 0 saturated heterocycles. The number of carbonyl (C=O) groups excluding carboxylic acids is 3. The van der Waals surface area contributed by atoms with Gasteiger partial charge < -0.3 is 16.0 Å². The second-order valence-corrected chi connectivity index (χ2v) is 10.8. The monoisotopic (exact) mass is 572 g/mol. The van der Waals surface area contributed by atoms with E-state index in [0.717, 1.165) is 21.2 Å². The molecular formula is C34H28N4O3S. The van der Waals surface area contributed by atoms with Gasteiger partial charge in [0, 0.05) is 34.2 Å². The first-order valence-electron chi connectivity index (χ1n) is 13.3. The summed E-state index contributed by atoms with van der Waals surface area (Å²) in [6, 6.07) is 33.1. The molecule has 208 valence electrons. The van der Waals surface area contributed by atoms with Crippen molar-refractivity contribution in [3.63, 3.8) is 0 Å². The van der Waals surface area contributed by atoms with Gasteiger partial charge in [0.2, 0.25) is 5.91 Å². The van der Waals surface area contributed by atoms with Gasteiger partial charge in [-0.25, -0.2) is 0 Å². The summed E-state index contributed by atoms with van der Waals surface area (Å²) >= 11 is 1.40. The quantitative estimate of drug-likeness (QED) is 0.134. The highest BCUT2D eigenvalue weighted by atomic mass is 32.2. The molecule has 0 spiro atoms. The van der Waals surface area contributed by atoms with Crippen molar-refractivity contribution in [2.45, 2.75) is 17.1 Å². The van der Waals surface area contributed by atoms with Crippen molar-refractivity contribution in [2.24, 2.45) is 0 Å². The van der Waals surface area contributed by atoms with Crippen LogP contribution in [-0.2, 0) is 9.59 Å². The molecule has 0 aliphatic rings. The van der Waals surface area contributed by atoms with Crippen molar-refractivity contribution in [3.05, 3.63) is 138 Å². The van der Waals surface area contributed by atoms with Gasteiger partial charge in [-0.15, -0.1) is 11.8 Å². The second kappa shape index (κ2) is 13.4. The summed E-state index contributed by atoms with van der Waals surface area (Å²) < 4.78 is 0. The van der Waals surface area contributed by atoms with Crippen molar-refractivity contribution in [2.75, 3.05) is 10.6 Å². The zero-order chi connectivity index (χ0) is 29.3. The van der Waals surface area contributed by atoms with Crippen LogP contribution >= 0.6 is 11.8 Å². The number of nitrogens with zero attached hydrogens (tertiary/aromatic N) is 1. The Kier molecular flexibility index (Phi) is 9.06. The number of carbonyl (C=O) groups is 3. The van der Waals surface area contributed by atoms with Gasteiger partial charge in [0.1, 0.15) is 5.70 Å². The van der Waals surface area contributed by atoms with Gasteiger partial charge >= 0.3 is 0 Å². The van der Waals surface area contributed by atoms with E-state index in [9.17, 15) is 14.4 Å². The Bertz CT molecular complexity index is 1730. The Morgan fingerprint density at radius 2 is 1.40 bits per heavy atom. The fourth-order valence-corrected chi connectivity index (χ4v) is 5.09. The molecule has 4 aromatic carbocycles. The van der Waals surface area contributed by atoms with Crippen LogP contribution in [0, 0.1) is 0 Å². The number of hydrogen-bond acceptors (Lipinski definition) is 5. The number of amides is 3. The van der Waals surface area contributed by atoms with Gasteiger partial charge in [-0.3, -0.25) is 19.4 Å². The Morgan fingerprint density at radius 1 is 0.738 bits per heavy atom. The number of hydrogen-bond donors (Lipinski definition) is 3. The number of thioether (sulfide) groups is 1. The molecule has 0 aliphatic heterocycles. The molecule has 1 atom stereocenters. The van der Waals surface area contributed by atoms with E-state index < -0.39 is 5.91 Å². The maximum atomic E-state index is 13.5. The van der Waals surface area contributed by atoms with E-state index in [1.807, 2.05) is 67.6 Å². The van der Waals surface area contributed by atoms with Crippen LogP contribution in [0.5, 0.6) is 0 Å². The Balaban J connectivity index is 1.32. The van der Waals surface area contributed by atoms with Crippen LogP contribution in [0.15, 0.2) is 132 Å². The summed E-state index contributed by atoms with van der Waals surface area (Å²) in [5.41, 5.74) is 2.60. The Labute approximate surface area is 248 Å². The molecule has 0 radical (unpaired) electrons. The first-order valence-corrected chi connectivity index (χ1v) is 14.2. The molecule has 3 N–H and O–H groups in total. The van der Waals surface area contributed by atoms with E-state index in [-0.39, 0.29) is 22.8 Å². The lowest BCUT2D eigenvalue weighted by Crippen LogP contribution is -2.30. The standard InChI is InChI=1S/C34H28N4O3S/c1-23(32(39)36-28-18-20-35-21-19-28)42-29-16-14-27(15-17-29)37-34(41)31(38-33(40)25-9-3-2-4-10-25)22-26-12-7-11-24-8-5-6-13-30(24)26/h2-23H,1H3,(H,37,41)(H,38,40)(H,35,36,39)/b31-22-. The van der Waals surface area contributed by atoms with Crippen LogP contribution in [0.25, 0.3) is 16.8 Å². The molecule has 3 amide bonds. The van der Waals surface area contributed by atoms with Gasteiger partial charge in [0.15, 0.2) is 0 Å². The number of aromatic nitrogens is 1. The summed E-state index contributed by atoms with van der Waals surface area (Å²) in [5.74, 6) is -0.971. The van der Waals surface area contributed by atoms with E-state index in [1.165, 1.54) is 11.8 Å². The highest BCUT2D eigenvalue weighted by molar-refractivity contribution is 8.00. The highest BCUT2D eigenvalue weighted by Crippen LogP contribution is 2.26. The molecule has 8 heteroatoms. The van der Waals surface area contributed by atoms with Crippen molar-refractivity contribution in [3.8, 4) is 0 Å². The molecular weight excluding hydrogens is 544 g/mol. The van der Waals surface area contributed by atoms with Crippen molar-refractivity contribution in [1.29, 1.82) is 0 Å². The lowest BCUT2D eigenvalue weighted by Gasteiger charge is -2.14. The predicted octanol–water partition coefficient (Wildman–Crippen LogP) is 6.76.